The Hall–Kier alpha value is -3.49. The molecule has 5 rings (SSSR count). The Kier molecular flexibility index (Phi) is 5.24. The number of halogens is 2. The van der Waals surface area contributed by atoms with Crippen LogP contribution in [0.4, 0.5) is 14.5 Å². The number of nitrogens with zero attached hydrogens (tertiary/aromatic N) is 5. The van der Waals surface area contributed by atoms with Crippen LogP contribution >= 0.6 is 0 Å². The van der Waals surface area contributed by atoms with Gasteiger partial charge in [-0.2, -0.15) is 0 Å². The minimum Gasteiger partial charge on any atom is -0.378 e. The Labute approximate surface area is 183 Å². The summed E-state index contributed by atoms with van der Waals surface area (Å²) in [6.45, 7) is 2.62. The Morgan fingerprint density at radius 1 is 1.03 bits per heavy atom. The minimum absolute atomic E-state index is 0.0115. The predicted molar refractivity (Wildman–Crippen MR) is 114 cm³/mol. The molecule has 32 heavy (non-hydrogen) atoms. The lowest BCUT2D eigenvalue weighted by Gasteiger charge is -2.17. The van der Waals surface area contributed by atoms with Crippen LogP contribution in [0.1, 0.15) is 42.7 Å². The van der Waals surface area contributed by atoms with Crippen molar-refractivity contribution < 1.29 is 13.6 Å². The number of carbonyl (C=O) groups excluding carboxylic acids is 1. The number of rotatable bonds is 5. The van der Waals surface area contributed by atoms with Gasteiger partial charge in [0, 0.05) is 50.8 Å². The van der Waals surface area contributed by atoms with Crippen molar-refractivity contribution in [2.45, 2.75) is 37.6 Å². The molecular weight excluding hydrogens is 414 g/mol. The molecule has 2 unspecified atom stereocenters. The van der Waals surface area contributed by atoms with Crippen LogP contribution in [0.2, 0.25) is 0 Å². The zero-order valence-electron chi connectivity index (χ0n) is 17.5. The molecule has 2 aliphatic rings. The topological polar surface area (TPSA) is 83.9 Å². The van der Waals surface area contributed by atoms with Gasteiger partial charge < -0.3 is 10.2 Å². The molecule has 0 radical (unpaired) electrons. The van der Waals surface area contributed by atoms with Crippen LogP contribution in [0, 0.1) is 11.6 Å². The highest BCUT2D eigenvalue weighted by Gasteiger charge is 2.41. The minimum atomic E-state index is -0.886. The van der Waals surface area contributed by atoms with Crippen LogP contribution < -0.4 is 5.32 Å². The first-order chi connectivity index (χ1) is 15.5. The summed E-state index contributed by atoms with van der Waals surface area (Å²) in [4.78, 5) is 30.3. The van der Waals surface area contributed by atoms with Crippen LogP contribution in [0.3, 0.4) is 0 Å². The normalized spacial score (nSPS) is 22.1. The maximum atomic E-state index is 14.5. The molecule has 0 bridgehead atoms. The molecule has 1 saturated carbocycles. The molecule has 1 amide bonds. The van der Waals surface area contributed by atoms with E-state index in [0.29, 0.717) is 31.2 Å². The van der Waals surface area contributed by atoms with Gasteiger partial charge in [0.1, 0.15) is 0 Å². The zero-order chi connectivity index (χ0) is 22.2. The number of anilines is 1. The van der Waals surface area contributed by atoms with E-state index in [-0.39, 0.29) is 29.5 Å². The van der Waals surface area contributed by atoms with E-state index in [4.69, 9.17) is 0 Å². The summed E-state index contributed by atoms with van der Waals surface area (Å²) >= 11 is 0. The standard InChI is InChI=1S/C23H22F2N6O/c1-13(32)31-6-3-16(12-31)30-20-8-14(7-19(24)21(20)25)17-9-18(17)15-10-28-23(29-11-15)22-26-4-2-5-27-22/h2,4-5,7-8,10-11,16-18,30H,3,6,9,12H2,1H3/t16-,17?,18?/m0/s1. The number of aromatic nitrogens is 4. The molecule has 1 aliphatic heterocycles. The van der Waals surface area contributed by atoms with E-state index < -0.39 is 11.6 Å². The Morgan fingerprint density at radius 3 is 2.41 bits per heavy atom. The van der Waals surface area contributed by atoms with E-state index >= 15 is 0 Å². The van der Waals surface area contributed by atoms with Gasteiger partial charge in [-0.1, -0.05) is 0 Å². The fourth-order valence-electron chi connectivity index (χ4n) is 4.30. The predicted octanol–water partition coefficient (Wildman–Crippen LogP) is 3.52. The highest BCUT2D eigenvalue weighted by atomic mass is 19.2. The number of hydrogen-bond donors (Lipinski definition) is 1. The third-order valence-electron chi connectivity index (χ3n) is 6.13. The van der Waals surface area contributed by atoms with Crippen LogP contribution in [-0.4, -0.2) is 49.9 Å². The van der Waals surface area contributed by atoms with Crippen LogP contribution in [0.5, 0.6) is 0 Å². The molecule has 3 atom stereocenters. The van der Waals surface area contributed by atoms with E-state index in [1.807, 2.05) is 0 Å². The first-order valence-electron chi connectivity index (χ1n) is 10.6. The first-order valence-corrected chi connectivity index (χ1v) is 10.6. The summed E-state index contributed by atoms with van der Waals surface area (Å²) in [5.74, 6) is -0.640. The number of carbonyl (C=O) groups is 1. The molecule has 3 aromatic rings. The van der Waals surface area contributed by atoms with Crippen LogP contribution in [0.25, 0.3) is 11.6 Å². The molecule has 2 fully saturated rings. The molecule has 9 heteroatoms. The quantitative estimate of drug-likeness (QED) is 0.659. The average Bonchev–Trinajstić information content (AvgIpc) is 3.47. The van der Waals surface area contributed by atoms with Gasteiger partial charge in [-0.3, -0.25) is 4.79 Å². The molecule has 1 aliphatic carbocycles. The average molecular weight is 436 g/mol. The molecule has 1 saturated heterocycles. The van der Waals surface area contributed by atoms with E-state index in [2.05, 4.69) is 25.3 Å². The second-order valence-corrected chi connectivity index (χ2v) is 8.32. The van der Waals surface area contributed by atoms with Crippen molar-refractivity contribution in [3.8, 4) is 11.6 Å². The summed E-state index contributed by atoms with van der Waals surface area (Å²) in [6, 6.07) is 4.59. The van der Waals surface area contributed by atoms with E-state index in [1.165, 1.54) is 13.0 Å². The van der Waals surface area contributed by atoms with Gasteiger partial charge in [-0.15, -0.1) is 0 Å². The zero-order valence-corrected chi connectivity index (χ0v) is 17.5. The third-order valence-corrected chi connectivity index (χ3v) is 6.13. The summed E-state index contributed by atoms with van der Waals surface area (Å²) in [5, 5.41) is 3.09. The number of hydrogen-bond acceptors (Lipinski definition) is 6. The van der Waals surface area contributed by atoms with Gasteiger partial charge in [0.2, 0.25) is 5.91 Å². The van der Waals surface area contributed by atoms with Gasteiger partial charge in [0.05, 0.1) is 5.69 Å². The Balaban J connectivity index is 1.30. The number of amides is 1. The Morgan fingerprint density at radius 2 is 1.72 bits per heavy atom. The van der Waals surface area contributed by atoms with Crippen molar-refractivity contribution in [1.82, 2.24) is 24.8 Å². The Bertz CT molecular complexity index is 1140. The van der Waals surface area contributed by atoms with E-state index in [9.17, 15) is 13.6 Å². The summed E-state index contributed by atoms with van der Waals surface area (Å²) in [7, 11) is 0. The van der Waals surface area contributed by atoms with Crippen molar-refractivity contribution in [1.29, 1.82) is 0 Å². The van der Waals surface area contributed by atoms with Gasteiger partial charge >= 0.3 is 0 Å². The van der Waals surface area contributed by atoms with Crippen molar-refractivity contribution in [3.05, 3.63) is 65.7 Å². The lowest BCUT2D eigenvalue weighted by molar-refractivity contribution is -0.127. The molecule has 3 heterocycles. The molecule has 1 N–H and O–H groups in total. The van der Waals surface area contributed by atoms with Gasteiger partial charge in [0.15, 0.2) is 23.3 Å². The molecule has 7 nitrogen and oxygen atoms in total. The van der Waals surface area contributed by atoms with Crippen LogP contribution in [0.15, 0.2) is 43.0 Å². The second-order valence-electron chi connectivity index (χ2n) is 8.32. The third kappa shape index (κ3) is 4.02. The van der Waals surface area contributed by atoms with E-state index in [0.717, 1.165) is 17.5 Å². The maximum absolute atomic E-state index is 14.5. The van der Waals surface area contributed by atoms with E-state index in [1.54, 1.807) is 41.8 Å². The summed E-state index contributed by atoms with van der Waals surface area (Å²) < 4.78 is 28.8. The fourth-order valence-corrected chi connectivity index (χ4v) is 4.30. The SMILES string of the molecule is CC(=O)N1CC[C@H](Nc2cc(C3CC3c3cnc(-c4ncccn4)nc3)cc(F)c2F)C1. The molecule has 1 aromatic carbocycles. The molecule has 0 spiro atoms. The van der Waals surface area contributed by atoms with Gasteiger partial charge in [0.25, 0.3) is 0 Å². The molecule has 2 aromatic heterocycles. The lowest BCUT2D eigenvalue weighted by atomic mass is 10.0. The number of benzene rings is 1. The monoisotopic (exact) mass is 436 g/mol. The van der Waals surface area contributed by atoms with Crippen molar-refractivity contribution in [3.63, 3.8) is 0 Å². The first kappa shape index (κ1) is 20.4. The highest BCUT2D eigenvalue weighted by molar-refractivity contribution is 5.73. The number of nitrogens with one attached hydrogen (secondary N) is 1. The van der Waals surface area contributed by atoms with Crippen LogP contribution in [-0.2, 0) is 4.79 Å². The van der Waals surface area contributed by atoms with Gasteiger partial charge in [-0.05, 0) is 54.0 Å². The lowest BCUT2D eigenvalue weighted by Crippen LogP contribution is -2.29. The summed E-state index contributed by atoms with van der Waals surface area (Å²) in [6.07, 6.45) is 8.28. The van der Waals surface area contributed by atoms with Gasteiger partial charge in [-0.25, -0.2) is 28.7 Å². The second kappa shape index (κ2) is 8.22. The molecule has 164 valence electrons. The molecular formula is C23H22F2N6O. The maximum Gasteiger partial charge on any atom is 0.219 e. The largest absolute Gasteiger partial charge is 0.378 e. The van der Waals surface area contributed by atoms with Crippen molar-refractivity contribution in [2.24, 2.45) is 0 Å². The number of likely N-dealkylation sites (tertiary alicyclic amines) is 1. The van der Waals surface area contributed by atoms with Crippen molar-refractivity contribution >= 4 is 11.6 Å². The van der Waals surface area contributed by atoms with Crippen molar-refractivity contribution in [2.75, 3.05) is 18.4 Å². The summed E-state index contributed by atoms with van der Waals surface area (Å²) in [5.41, 5.74) is 1.84. The highest BCUT2D eigenvalue weighted by Crippen LogP contribution is 2.55. The smallest absolute Gasteiger partial charge is 0.219 e. The fraction of sp³-hybridized carbons (Fsp3) is 0.348.